The Labute approximate surface area is 181 Å². The van der Waals surface area contributed by atoms with Gasteiger partial charge < -0.3 is 0 Å². The molecule has 1 aliphatic heterocycles. The smallest absolute Gasteiger partial charge is 0.246 e. The molecule has 1 saturated carbocycles. The second-order valence-corrected chi connectivity index (χ2v) is 8.97. The van der Waals surface area contributed by atoms with Crippen LogP contribution in [-0.2, 0) is 15.6 Å². The van der Waals surface area contributed by atoms with Crippen LogP contribution in [-0.4, -0.2) is 5.91 Å². The number of halogens is 1. The predicted octanol–water partition coefficient (Wildman–Crippen LogP) is 6.19. The van der Waals surface area contributed by atoms with Gasteiger partial charge in [0.1, 0.15) is 0 Å². The molecule has 30 heavy (non-hydrogen) atoms. The first-order valence-electron chi connectivity index (χ1n) is 10.1. The lowest BCUT2D eigenvalue weighted by Gasteiger charge is -2.26. The Morgan fingerprint density at radius 2 is 1.70 bits per heavy atom. The van der Waals surface area contributed by atoms with Crippen molar-refractivity contribution >= 4 is 28.9 Å². The highest BCUT2D eigenvalue weighted by atomic mass is 35.5. The molecule has 0 N–H and O–H groups in total. The maximum atomic E-state index is 13.9. The third-order valence-corrected chi connectivity index (χ3v) is 6.84. The number of hydrogen-bond donors (Lipinski definition) is 0. The summed E-state index contributed by atoms with van der Waals surface area (Å²) >= 11 is 6.35. The van der Waals surface area contributed by atoms with Crippen LogP contribution in [0.15, 0.2) is 66.7 Å². The normalized spacial score (nSPS) is 21.3. The maximum Gasteiger partial charge on any atom is 0.246 e. The third-order valence-electron chi connectivity index (χ3n) is 6.61. The Balaban J connectivity index is 1.66. The van der Waals surface area contributed by atoms with Gasteiger partial charge in [0, 0.05) is 10.7 Å². The molecule has 1 unspecified atom stereocenters. The molecule has 1 atom stereocenters. The van der Waals surface area contributed by atoms with Crippen molar-refractivity contribution in [2.45, 2.75) is 37.5 Å². The first-order chi connectivity index (χ1) is 14.4. The highest BCUT2D eigenvalue weighted by molar-refractivity contribution is 6.31. The number of nitrogens with zero attached hydrogens (tertiary/aromatic N) is 2. The highest BCUT2D eigenvalue weighted by Crippen LogP contribution is 2.51. The standard InChI is InChI=1S/C26H21ClN2O/c1-17-4-3-5-21(14-17)29-23-11-10-20(27)15-22(23)25(2,24(29)30)18-6-8-19(9-7-18)26(16-28)12-13-26/h3-11,14-15H,12-13H2,1-2H3. The average Bonchev–Trinajstić information content (AvgIpc) is 3.52. The van der Waals surface area contributed by atoms with Crippen LogP contribution in [0, 0.1) is 18.3 Å². The van der Waals surface area contributed by atoms with E-state index in [-0.39, 0.29) is 11.3 Å². The van der Waals surface area contributed by atoms with Crippen LogP contribution in [0.5, 0.6) is 0 Å². The van der Waals surface area contributed by atoms with Crippen molar-refractivity contribution in [3.05, 3.63) is 94.0 Å². The minimum atomic E-state index is -0.855. The molecule has 3 nitrogen and oxygen atoms in total. The van der Waals surface area contributed by atoms with Gasteiger partial charge in [-0.15, -0.1) is 0 Å². The summed E-state index contributed by atoms with van der Waals surface area (Å²) < 4.78 is 0. The average molecular weight is 413 g/mol. The summed E-state index contributed by atoms with van der Waals surface area (Å²) in [5.74, 6) is -0.000430. The van der Waals surface area contributed by atoms with Crippen molar-refractivity contribution in [2.75, 3.05) is 4.90 Å². The van der Waals surface area contributed by atoms with E-state index in [1.165, 1.54) is 0 Å². The molecule has 0 aromatic heterocycles. The van der Waals surface area contributed by atoms with Crippen LogP contribution in [0.3, 0.4) is 0 Å². The fourth-order valence-electron chi connectivity index (χ4n) is 4.57. The number of rotatable bonds is 3. The summed E-state index contributed by atoms with van der Waals surface area (Å²) in [4.78, 5) is 15.7. The molecular weight excluding hydrogens is 392 g/mol. The number of amides is 1. The predicted molar refractivity (Wildman–Crippen MR) is 119 cm³/mol. The van der Waals surface area contributed by atoms with Crippen molar-refractivity contribution in [3.63, 3.8) is 0 Å². The van der Waals surface area contributed by atoms with Crippen LogP contribution in [0.4, 0.5) is 11.4 Å². The second-order valence-electron chi connectivity index (χ2n) is 8.54. The van der Waals surface area contributed by atoms with Crippen molar-refractivity contribution < 1.29 is 4.79 Å². The monoisotopic (exact) mass is 412 g/mol. The van der Waals surface area contributed by atoms with E-state index >= 15 is 0 Å². The zero-order valence-corrected chi connectivity index (χ0v) is 17.7. The Morgan fingerprint density at radius 3 is 2.33 bits per heavy atom. The van der Waals surface area contributed by atoms with Gasteiger partial charge in [-0.3, -0.25) is 9.69 Å². The molecule has 5 rings (SSSR count). The van der Waals surface area contributed by atoms with Crippen molar-refractivity contribution in [1.29, 1.82) is 5.26 Å². The minimum Gasteiger partial charge on any atom is -0.280 e. The van der Waals surface area contributed by atoms with Gasteiger partial charge in [0.15, 0.2) is 0 Å². The largest absolute Gasteiger partial charge is 0.280 e. The molecule has 1 heterocycles. The Kier molecular flexibility index (Phi) is 4.07. The molecule has 0 saturated heterocycles. The Morgan fingerprint density at radius 1 is 1.00 bits per heavy atom. The van der Waals surface area contributed by atoms with Gasteiger partial charge in [0.2, 0.25) is 5.91 Å². The van der Waals surface area contributed by atoms with E-state index in [2.05, 4.69) is 6.07 Å². The van der Waals surface area contributed by atoms with Gasteiger partial charge >= 0.3 is 0 Å². The summed E-state index contributed by atoms with van der Waals surface area (Å²) in [6.07, 6.45) is 1.80. The number of carbonyl (C=O) groups excluding carboxylic acids is 1. The van der Waals surface area contributed by atoms with E-state index < -0.39 is 5.41 Å². The lowest BCUT2D eigenvalue weighted by Crippen LogP contribution is -2.36. The molecule has 4 heteroatoms. The number of nitriles is 1. The van der Waals surface area contributed by atoms with E-state index in [0.717, 1.165) is 46.5 Å². The van der Waals surface area contributed by atoms with E-state index in [1.54, 1.807) is 4.90 Å². The van der Waals surface area contributed by atoms with E-state index in [4.69, 9.17) is 11.6 Å². The molecule has 3 aromatic carbocycles. The molecule has 1 aliphatic carbocycles. The molecular formula is C26H21ClN2O. The molecule has 1 fully saturated rings. The van der Waals surface area contributed by atoms with E-state index in [9.17, 15) is 10.1 Å². The van der Waals surface area contributed by atoms with Gasteiger partial charge in [0.05, 0.1) is 22.6 Å². The molecule has 3 aromatic rings. The van der Waals surface area contributed by atoms with Gasteiger partial charge in [-0.1, -0.05) is 48.0 Å². The fraction of sp³-hybridized carbons (Fsp3) is 0.231. The van der Waals surface area contributed by atoms with Crippen molar-refractivity contribution in [2.24, 2.45) is 0 Å². The zero-order chi connectivity index (χ0) is 21.1. The fourth-order valence-corrected chi connectivity index (χ4v) is 4.74. The van der Waals surface area contributed by atoms with Crippen LogP contribution in [0.25, 0.3) is 0 Å². The SMILES string of the molecule is Cc1cccc(N2C(=O)C(C)(c3ccc(C4(C#N)CC4)cc3)c3cc(Cl)ccc32)c1. The highest BCUT2D eigenvalue weighted by Gasteiger charge is 2.50. The molecule has 1 amide bonds. The summed E-state index contributed by atoms with van der Waals surface area (Å²) in [5.41, 5.74) is 4.45. The first-order valence-corrected chi connectivity index (χ1v) is 10.5. The van der Waals surface area contributed by atoms with E-state index in [0.29, 0.717) is 5.02 Å². The summed E-state index contributed by atoms with van der Waals surface area (Å²) in [7, 11) is 0. The zero-order valence-electron chi connectivity index (χ0n) is 16.9. The topological polar surface area (TPSA) is 44.1 Å². The number of aryl methyl sites for hydroxylation is 1. The van der Waals surface area contributed by atoms with Crippen LogP contribution in [0.1, 0.15) is 42.0 Å². The van der Waals surface area contributed by atoms with Crippen molar-refractivity contribution in [1.82, 2.24) is 0 Å². The second kappa shape index (κ2) is 6.45. The molecule has 0 spiro atoms. The molecule has 0 radical (unpaired) electrons. The molecule has 2 aliphatic rings. The van der Waals surface area contributed by atoms with Crippen LogP contribution in [0.2, 0.25) is 5.02 Å². The third kappa shape index (κ3) is 2.61. The van der Waals surface area contributed by atoms with Gasteiger partial charge in [0.25, 0.3) is 0 Å². The number of hydrogen-bond acceptors (Lipinski definition) is 2. The number of anilines is 2. The number of fused-ring (bicyclic) bond motifs is 1. The van der Waals surface area contributed by atoms with Crippen molar-refractivity contribution in [3.8, 4) is 6.07 Å². The summed E-state index contributed by atoms with van der Waals surface area (Å²) in [6.45, 7) is 3.99. The van der Waals surface area contributed by atoms with Gasteiger partial charge in [-0.25, -0.2) is 0 Å². The Hall–Kier alpha value is -3.09. The summed E-state index contributed by atoms with van der Waals surface area (Å²) in [6, 6.07) is 24.1. The first kappa shape index (κ1) is 18.9. The van der Waals surface area contributed by atoms with Gasteiger partial charge in [-0.2, -0.15) is 5.26 Å². The number of benzene rings is 3. The lowest BCUT2D eigenvalue weighted by molar-refractivity contribution is -0.120. The van der Waals surface area contributed by atoms with Gasteiger partial charge in [-0.05, 0) is 79.3 Å². The molecule has 0 bridgehead atoms. The lowest BCUT2D eigenvalue weighted by atomic mass is 9.76. The summed E-state index contributed by atoms with van der Waals surface area (Å²) in [5, 5.41) is 10.1. The van der Waals surface area contributed by atoms with Crippen LogP contribution < -0.4 is 4.90 Å². The quantitative estimate of drug-likeness (QED) is 0.515. The minimum absolute atomic E-state index is 0.000430. The van der Waals surface area contributed by atoms with E-state index in [1.807, 2.05) is 80.6 Å². The Bertz CT molecular complexity index is 1220. The maximum absolute atomic E-state index is 13.9. The van der Waals surface area contributed by atoms with Crippen LogP contribution >= 0.6 is 11.6 Å². The number of carbonyl (C=O) groups is 1. The molecule has 148 valence electrons.